The van der Waals surface area contributed by atoms with Crippen molar-refractivity contribution in [3.8, 4) is 5.75 Å². The number of carbonyl (C=O) groups is 1. The number of aromatic nitrogens is 1. The molecule has 0 atom stereocenters. The highest BCUT2D eigenvalue weighted by Crippen LogP contribution is 2.21. The predicted molar refractivity (Wildman–Crippen MR) is 120 cm³/mol. The number of fused-ring (bicyclic) bond motifs is 1. The number of rotatable bonds is 10. The number of hydrogen-bond acceptors (Lipinski definition) is 3. The summed E-state index contributed by atoms with van der Waals surface area (Å²) in [6.45, 7) is 4.62. The zero-order chi connectivity index (χ0) is 20.6. The number of ether oxygens (including phenoxy) is 1. The second-order valence-electron chi connectivity index (χ2n) is 7.76. The minimum absolute atomic E-state index is 0.0481. The van der Waals surface area contributed by atoms with Crippen molar-refractivity contribution in [2.75, 3.05) is 32.6 Å². The van der Waals surface area contributed by atoms with Crippen molar-refractivity contribution in [2.45, 2.75) is 32.7 Å². The number of unbranched alkanes of at least 4 members (excludes halogenated alkanes) is 1. The summed E-state index contributed by atoms with van der Waals surface area (Å²) in [4.78, 5) is 14.4. The van der Waals surface area contributed by atoms with E-state index in [-0.39, 0.29) is 5.91 Å². The summed E-state index contributed by atoms with van der Waals surface area (Å²) in [5, 5.41) is 4.16. The van der Waals surface area contributed by atoms with Gasteiger partial charge in [0.1, 0.15) is 5.75 Å². The third-order valence-corrected chi connectivity index (χ3v) is 4.90. The first-order valence-electron chi connectivity index (χ1n) is 10.2. The van der Waals surface area contributed by atoms with Gasteiger partial charge in [0.2, 0.25) is 5.91 Å². The van der Waals surface area contributed by atoms with Crippen LogP contribution in [-0.2, 0) is 11.3 Å². The van der Waals surface area contributed by atoms with Gasteiger partial charge in [-0.25, -0.2) is 0 Å². The summed E-state index contributed by atoms with van der Waals surface area (Å²) in [5.74, 6) is 0.937. The van der Waals surface area contributed by atoms with Gasteiger partial charge in [0.05, 0.1) is 6.61 Å². The molecule has 0 bridgehead atoms. The molecular formula is C24H31N3O2. The molecule has 3 aromatic rings. The number of likely N-dealkylation sites (N-methyl/N-ethyl adjacent to an activating group) is 1. The highest BCUT2D eigenvalue weighted by atomic mass is 16.5. The van der Waals surface area contributed by atoms with Crippen LogP contribution in [0.1, 0.15) is 24.8 Å². The number of benzene rings is 2. The molecule has 0 unspecified atom stereocenters. The monoisotopic (exact) mass is 393 g/mol. The summed E-state index contributed by atoms with van der Waals surface area (Å²) < 4.78 is 7.98. The molecule has 3 rings (SSSR count). The third kappa shape index (κ3) is 6.36. The Balaban J connectivity index is 1.42. The molecule has 0 saturated heterocycles. The Morgan fingerprint density at radius 2 is 1.97 bits per heavy atom. The fourth-order valence-electron chi connectivity index (χ4n) is 3.29. The first kappa shape index (κ1) is 20.9. The minimum Gasteiger partial charge on any atom is -0.494 e. The van der Waals surface area contributed by atoms with Crippen LogP contribution in [-0.4, -0.2) is 42.6 Å². The van der Waals surface area contributed by atoms with Gasteiger partial charge in [-0.05, 0) is 75.8 Å². The fourth-order valence-corrected chi connectivity index (χ4v) is 3.29. The maximum absolute atomic E-state index is 12.2. The van der Waals surface area contributed by atoms with Gasteiger partial charge in [0.15, 0.2) is 0 Å². The molecule has 0 fully saturated rings. The molecule has 5 heteroatoms. The van der Waals surface area contributed by atoms with E-state index in [4.69, 9.17) is 4.74 Å². The van der Waals surface area contributed by atoms with Crippen molar-refractivity contribution in [3.05, 3.63) is 60.3 Å². The van der Waals surface area contributed by atoms with Crippen molar-refractivity contribution in [3.63, 3.8) is 0 Å². The lowest BCUT2D eigenvalue weighted by Gasteiger charge is -2.11. The van der Waals surface area contributed by atoms with E-state index in [0.29, 0.717) is 13.0 Å². The molecule has 1 amide bonds. The number of aryl methyl sites for hydroxylation is 1. The zero-order valence-electron chi connectivity index (χ0n) is 17.6. The van der Waals surface area contributed by atoms with Crippen LogP contribution >= 0.6 is 0 Å². The molecule has 1 aromatic heterocycles. The molecule has 0 aliphatic heterocycles. The normalized spacial score (nSPS) is 11.2. The lowest BCUT2D eigenvalue weighted by atomic mass is 10.2. The molecule has 0 spiro atoms. The van der Waals surface area contributed by atoms with Crippen LogP contribution in [0.15, 0.2) is 54.7 Å². The average Bonchev–Trinajstić information content (AvgIpc) is 3.08. The molecule has 0 aliphatic carbocycles. The molecule has 154 valence electrons. The Kier molecular flexibility index (Phi) is 7.30. The molecule has 0 aliphatic rings. The van der Waals surface area contributed by atoms with Crippen molar-refractivity contribution in [2.24, 2.45) is 0 Å². The van der Waals surface area contributed by atoms with Crippen LogP contribution in [0, 0.1) is 6.92 Å². The van der Waals surface area contributed by atoms with Gasteiger partial charge in [0, 0.05) is 42.3 Å². The van der Waals surface area contributed by atoms with E-state index >= 15 is 0 Å². The molecular weight excluding hydrogens is 362 g/mol. The standard InChI is InChI=1S/C24H31N3O2/c1-19-7-6-8-22(17-19)29-16-5-4-9-24(28)25-21-10-11-23-20(18-21)12-13-27(23)15-14-26(2)3/h6-8,10-13,17-18H,4-5,9,14-16H2,1-3H3,(H,25,28). The van der Waals surface area contributed by atoms with Crippen LogP contribution in [0.5, 0.6) is 5.75 Å². The van der Waals surface area contributed by atoms with E-state index in [1.807, 2.05) is 43.3 Å². The van der Waals surface area contributed by atoms with Crippen LogP contribution in [0.25, 0.3) is 10.9 Å². The zero-order valence-corrected chi connectivity index (χ0v) is 17.6. The second kappa shape index (κ2) is 10.1. The van der Waals surface area contributed by atoms with E-state index < -0.39 is 0 Å². The van der Waals surface area contributed by atoms with Crippen molar-refractivity contribution < 1.29 is 9.53 Å². The molecule has 2 aromatic carbocycles. The van der Waals surface area contributed by atoms with Crippen molar-refractivity contribution in [1.29, 1.82) is 0 Å². The summed E-state index contributed by atoms with van der Waals surface area (Å²) in [6.07, 6.45) is 4.27. The van der Waals surface area contributed by atoms with E-state index in [1.54, 1.807) is 0 Å². The second-order valence-corrected chi connectivity index (χ2v) is 7.76. The van der Waals surface area contributed by atoms with E-state index in [0.717, 1.165) is 42.8 Å². The maximum atomic E-state index is 12.2. The van der Waals surface area contributed by atoms with Crippen molar-refractivity contribution >= 4 is 22.5 Å². The Labute approximate surface area is 173 Å². The summed E-state index contributed by atoms with van der Waals surface area (Å²) in [6, 6.07) is 16.2. The van der Waals surface area contributed by atoms with Gasteiger partial charge in [0.25, 0.3) is 0 Å². The van der Waals surface area contributed by atoms with E-state index in [2.05, 4.69) is 47.2 Å². The minimum atomic E-state index is 0.0481. The molecule has 1 heterocycles. The largest absolute Gasteiger partial charge is 0.494 e. The summed E-state index contributed by atoms with van der Waals surface area (Å²) in [7, 11) is 4.15. The topological polar surface area (TPSA) is 46.5 Å². The third-order valence-electron chi connectivity index (χ3n) is 4.90. The fraction of sp³-hybridized carbons (Fsp3) is 0.375. The van der Waals surface area contributed by atoms with Crippen LogP contribution < -0.4 is 10.1 Å². The highest BCUT2D eigenvalue weighted by molar-refractivity contribution is 5.93. The number of anilines is 1. The quantitative estimate of drug-likeness (QED) is 0.508. The van der Waals surface area contributed by atoms with Crippen LogP contribution in [0.4, 0.5) is 5.69 Å². The number of hydrogen-bond donors (Lipinski definition) is 1. The maximum Gasteiger partial charge on any atom is 0.224 e. The van der Waals surface area contributed by atoms with Crippen LogP contribution in [0.2, 0.25) is 0 Å². The number of nitrogens with one attached hydrogen (secondary N) is 1. The Morgan fingerprint density at radius 3 is 2.76 bits per heavy atom. The molecule has 29 heavy (non-hydrogen) atoms. The summed E-state index contributed by atoms with van der Waals surface area (Å²) >= 11 is 0. The lowest BCUT2D eigenvalue weighted by Crippen LogP contribution is -2.17. The molecule has 1 N–H and O–H groups in total. The molecule has 5 nitrogen and oxygen atoms in total. The van der Waals surface area contributed by atoms with Gasteiger partial charge < -0.3 is 19.5 Å². The van der Waals surface area contributed by atoms with Gasteiger partial charge in [-0.2, -0.15) is 0 Å². The Hall–Kier alpha value is -2.79. The van der Waals surface area contributed by atoms with Gasteiger partial charge >= 0.3 is 0 Å². The molecule has 0 radical (unpaired) electrons. The van der Waals surface area contributed by atoms with Gasteiger partial charge in [-0.1, -0.05) is 12.1 Å². The molecule has 0 saturated carbocycles. The Bertz CT molecular complexity index is 946. The first-order chi connectivity index (χ1) is 14.0. The van der Waals surface area contributed by atoms with Crippen LogP contribution in [0.3, 0.4) is 0 Å². The van der Waals surface area contributed by atoms with E-state index in [1.165, 1.54) is 11.1 Å². The first-order valence-corrected chi connectivity index (χ1v) is 10.2. The summed E-state index contributed by atoms with van der Waals surface area (Å²) in [5.41, 5.74) is 3.23. The van der Waals surface area contributed by atoms with E-state index in [9.17, 15) is 4.79 Å². The number of amides is 1. The lowest BCUT2D eigenvalue weighted by molar-refractivity contribution is -0.116. The number of nitrogens with zero attached hydrogens (tertiary/aromatic N) is 2. The Morgan fingerprint density at radius 1 is 1.10 bits per heavy atom. The van der Waals surface area contributed by atoms with Gasteiger partial charge in [-0.3, -0.25) is 4.79 Å². The van der Waals surface area contributed by atoms with Crippen molar-refractivity contribution in [1.82, 2.24) is 9.47 Å². The van der Waals surface area contributed by atoms with Gasteiger partial charge in [-0.15, -0.1) is 0 Å². The SMILES string of the molecule is Cc1cccc(OCCCCC(=O)Nc2ccc3c(ccn3CCN(C)C)c2)c1. The smallest absolute Gasteiger partial charge is 0.224 e. The highest BCUT2D eigenvalue weighted by Gasteiger charge is 2.06. The predicted octanol–water partition coefficient (Wildman–Crippen LogP) is 4.70. The number of carbonyl (C=O) groups excluding carboxylic acids is 1. The average molecular weight is 394 g/mol.